The van der Waals surface area contributed by atoms with Crippen molar-refractivity contribution in [1.29, 1.82) is 0 Å². The van der Waals surface area contributed by atoms with E-state index in [2.05, 4.69) is 50.3 Å². The smallest absolute Gasteiger partial charge is 0.306 e. The van der Waals surface area contributed by atoms with Gasteiger partial charge in [-0.15, -0.1) is 0 Å². The van der Waals surface area contributed by atoms with Crippen molar-refractivity contribution in [2.75, 3.05) is 19.8 Å². The molecule has 1 fully saturated rings. The number of hydrogen-bond acceptors (Lipinski definition) is 10. The lowest BCUT2D eigenvalue weighted by Crippen LogP contribution is -2.59. The van der Waals surface area contributed by atoms with Crippen LogP contribution in [0.3, 0.4) is 0 Å². The number of aliphatic hydroxyl groups excluding tert-OH is 4. The van der Waals surface area contributed by atoms with Crippen LogP contribution in [-0.4, -0.2) is 89.0 Å². The molecule has 0 bridgehead atoms. The Morgan fingerprint density at radius 2 is 1.08 bits per heavy atom. The zero-order chi connectivity index (χ0) is 38.1. The Morgan fingerprint density at radius 3 is 1.62 bits per heavy atom. The summed E-state index contributed by atoms with van der Waals surface area (Å²) in [6.07, 6.45) is 28.6. The molecule has 1 saturated heterocycles. The molecular weight excluding hydrogens is 664 g/mol. The van der Waals surface area contributed by atoms with E-state index in [4.69, 9.17) is 18.9 Å². The Hall–Kier alpha value is -2.08. The van der Waals surface area contributed by atoms with Crippen LogP contribution in [0.15, 0.2) is 36.5 Å². The quantitative estimate of drug-likeness (QED) is 0.0297. The Kier molecular flexibility index (Phi) is 30.9. The molecule has 2 unspecified atom stereocenters. The van der Waals surface area contributed by atoms with Gasteiger partial charge in [0.2, 0.25) is 0 Å². The molecule has 1 aliphatic rings. The average molecular weight is 739 g/mol. The molecular formula is C42H74O10. The van der Waals surface area contributed by atoms with Gasteiger partial charge >= 0.3 is 11.9 Å². The summed E-state index contributed by atoms with van der Waals surface area (Å²) in [7, 11) is 0. The summed E-state index contributed by atoms with van der Waals surface area (Å²) in [4.78, 5) is 25.2. The van der Waals surface area contributed by atoms with Crippen LogP contribution < -0.4 is 0 Å². The van der Waals surface area contributed by atoms with Crippen LogP contribution in [0.25, 0.3) is 0 Å². The summed E-state index contributed by atoms with van der Waals surface area (Å²) < 4.78 is 22.1. The SMILES string of the molecule is CCCCC/C=C/C/C=C/CCCCCCCC(=O)O[C@H](COC(=O)CCCCCCC/C=C/CCCCC)CO[C@@H]1O[C@H](CO)[C@H](O)C(O)C1O. The number of ether oxygens (including phenoxy) is 4. The number of hydrogen-bond donors (Lipinski definition) is 4. The Morgan fingerprint density at radius 1 is 0.596 bits per heavy atom. The first-order valence-electron chi connectivity index (χ1n) is 20.6. The molecule has 4 N–H and O–H groups in total. The van der Waals surface area contributed by atoms with E-state index >= 15 is 0 Å². The van der Waals surface area contributed by atoms with Gasteiger partial charge in [-0.1, -0.05) is 115 Å². The van der Waals surface area contributed by atoms with Crippen LogP contribution in [0.2, 0.25) is 0 Å². The molecule has 0 aliphatic carbocycles. The van der Waals surface area contributed by atoms with Crippen molar-refractivity contribution in [3.05, 3.63) is 36.5 Å². The van der Waals surface area contributed by atoms with Gasteiger partial charge in [-0.05, 0) is 70.6 Å². The highest BCUT2D eigenvalue weighted by molar-refractivity contribution is 5.70. The van der Waals surface area contributed by atoms with Crippen molar-refractivity contribution in [1.82, 2.24) is 0 Å². The molecule has 10 heteroatoms. The van der Waals surface area contributed by atoms with Gasteiger partial charge in [0.15, 0.2) is 12.4 Å². The number of unbranched alkanes of at least 4 members (excludes halogenated alkanes) is 16. The highest BCUT2D eigenvalue weighted by Crippen LogP contribution is 2.22. The molecule has 1 rings (SSSR count). The fourth-order valence-corrected chi connectivity index (χ4v) is 5.92. The van der Waals surface area contributed by atoms with Crippen LogP contribution in [-0.2, 0) is 28.5 Å². The fraction of sp³-hybridized carbons (Fsp3) is 0.810. The number of rotatable bonds is 33. The third-order valence-electron chi connectivity index (χ3n) is 9.25. The third kappa shape index (κ3) is 25.0. The Balaban J connectivity index is 2.39. The minimum absolute atomic E-state index is 0.212. The number of carbonyl (C=O) groups is 2. The van der Waals surface area contributed by atoms with Crippen molar-refractivity contribution in [2.45, 2.75) is 198 Å². The van der Waals surface area contributed by atoms with Gasteiger partial charge in [0.05, 0.1) is 13.2 Å². The second-order valence-corrected chi connectivity index (χ2v) is 14.1. The first-order chi connectivity index (χ1) is 25.3. The van der Waals surface area contributed by atoms with Crippen molar-refractivity contribution in [3.63, 3.8) is 0 Å². The van der Waals surface area contributed by atoms with E-state index in [0.717, 1.165) is 83.5 Å². The lowest BCUT2D eigenvalue weighted by Gasteiger charge is -2.39. The van der Waals surface area contributed by atoms with E-state index in [0.29, 0.717) is 12.8 Å². The zero-order valence-corrected chi connectivity index (χ0v) is 32.6. The second kappa shape index (κ2) is 33.5. The van der Waals surface area contributed by atoms with Crippen molar-refractivity contribution >= 4 is 11.9 Å². The van der Waals surface area contributed by atoms with E-state index in [9.17, 15) is 30.0 Å². The molecule has 0 aromatic heterocycles. The van der Waals surface area contributed by atoms with Crippen molar-refractivity contribution in [3.8, 4) is 0 Å². The number of aliphatic hydroxyl groups is 4. The number of esters is 2. The molecule has 0 amide bonds. The van der Waals surface area contributed by atoms with Crippen LogP contribution in [0, 0.1) is 0 Å². The lowest BCUT2D eigenvalue weighted by atomic mass is 9.99. The van der Waals surface area contributed by atoms with Crippen molar-refractivity contribution < 1.29 is 49.0 Å². The lowest BCUT2D eigenvalue weighted by molar-refractivity contribution is -0.305. The molecule has 10 nitrogen and oxygen atoms in total. The van der Waals surface area contributed by atoms with E-state index in [1.165, 1.54) is 38.5 Å². The van der Waals surface area contributed by atoms with Gasteiger partial charge in [-0.25, -0.2) is 0 Å². The second-order valence-electron chi connectivity index (χ2n) is 14.1. The molecule has 0 saturated carbocycles. The molecule has 52 heavy (non-hydrogen) atoms. The fourth-order valence-electron chi connectivity index (χ4n) is 5.92. The standard InChI is InChI=1S/C42H74O10/c1-3-5-7-9-11-13-15-17-18-19-21-23-25-27-29-31-38(45)51-35(34-50-42-41(48)40(47)39(46)36(32-43)52-42)33-49-37(44)30-28-26-24-22-20-16-14-12-10-8-6-4-2/h11-14,17-18,35-36,39-43,46-48H,3-10,15-16,19-34H2,1-2H3/b13-11+,14-12+,18-17+/t35-,36-,39+,40?,41?,42-/m1/s1. The molecule has 0 aromatic carbocycles. The van der Waals surface area contributed by atoms with Crippen LogP contribution in [0.5, 0.6) is 0 Å². The summed E-state index contributed by atoms with van der Waals surface area (Å²) in [5.41, 5.74) is 0. The molecule has 0 aromatic rings. The maximum atomic E-state index is 12.7. The topological polar surface area (TPSA) is 152 Å². The van der Waals surface area contributed by atoms with E-state index < -0.39 is 55.4 Å². The van der Waals surface area contributed by atoms with Gasteiger partial charge < -0.3 is 39.4 Å². The Labute approximate surface area is 315 Å². The predicted molar refractivity (Wildman–Crippen MR) is 206 cm³/mol. The minimum atomic E-state index is -1.60. The zero-order valence-electron chi connectivity index (χ0n) is 32.6. The predicted octanol–water partition coefficient (Wildman–Crippen LogP) is 7.94. The first kappa shape index (κ1) is 47.9. The molecule has 1 heterocycles. The van der Waals surface area contributed by atoms with Crippen molar-refractivity contribution in [2.24, 2.45) is 0 Å². The van der Waals surface area contributed by atoms with E-state index in [1.807, 2.05) is 0 Å². The monoisotopic (exact) mass is 739 g/mol. The highest BCUT2D eigenvalue weighted by atomic mass is 16.7. The van der Waals surface area contributed by atoms with Gasteiger partial charge in [0.1, 0.15) is 31.0 Å². The van der Waals surface area contributed by atoms with Crippen LogP contribution in [0.4, 0.5) is 0 Å². The maximum Gasteiger partial charge on any atom is 0.306 e. The molecule has 302 valence electrons. The minimum Gasteiger partial charge on any atom is -0.462 e. The number of carbonyl (C=O) groups excluding carboxylic acids is 2. The van der Waals surface area contributed by atoms with Gasteiger partial charge in [0.25, 0.3) is 0 Å². The third-order valence-corrected chi connectivity index (χ3v) is 9.25. The van der Waals surface area contributed by atoms with Gasteiger partial charge in [0, 0.05) is 12.8 Å². The van der Waals surface area contributed by atoms with E-state index in [1.54, 1.807) is 0 Å². The summed E-state index contributed by atoms with van der Waals surface area (Å²) in [5.74, 6) is -0.836. The average Bonchev–Trinajstić information content (AvgIpc) is 3.14. The normalized spacial score (nSPS) is 21.4. The van der Waals surface area contributed by atoms with E-state index in [-0.39, 0.29) is 26.1 Å². The summed E-state index contributed by atoms with van der Waals surface area (Å²) in [6, 6.07) is 0. The van der Waals surface area contributed by atoms with Crippen LogP contribution in [0.1, 0.15) is 162 Å². The summed E-state index contributed by atoms with van der Waals surface area (Å²) in [6.45, 7) is 3.33. The van der Waals surface area contributed by atoms with Gasteiger partial charge in [-0.3, -0.25) is 9.59 Å². The maximum absolute atomic E-state index is 12.7. The summed E-state index contributed by atoms with van der Waals surface area (Å²) in [5, 5.41) is 39.9. The highest BCUT2D eigenvalue weighted by Gasteiger charge is 2.44. The Bertz CT molecular complexity index is 949. The molecule has 1 aliphatic heterocycles. The van der Waals surface area contributed by atoms with Crippen LogP contribution >= 0.6 is 0 Å². The molecule has 0 radical (unpaired) electrons. The van der Waals surface area contributed by atoms with Gasteiger partial charge in [-0.2, -0.15) is 0 Å². The largest absolute Gasteiger partial charge is 0.462 e. The molecule has 6 atom stereocenters. The number of allylic oxidation sites excluding steroid dienone is 6. The molecule has 0 spiro atoms. The first-order valence-corrected chi connectivity index (χ1v) is 20.6. The summed E-state index contributed by atoms with van der Waals surface area (Å²) >= 11 is 0.